The Morgan fingerprint density at radius 2 is 1.74 bits per heavy atom. The van der Waals surface area contributed by atoms with Crippen LogP contribution >= 0.6 is 0 Å². The van der Waals surface area contributed by atoms with Crippen molar-refractivity contribution in [1.29, 1.82) is 0 Å². The van der Waals surface area contributed by atoms with E-state index >= 15 is 0 Å². The van der Waals surface area contributed by atoms with Crippen molar-refractivity contribution in [1.82, 2.24) is 5.32 Å². The second kappa shape index (κ2) is 7.23. The molecule has 0 fully saturated rings. The fraction of sp³-hybridized carbons (Fsp3) is 0.308. The SMILES string of the molecule is C1=c2ccc3c(c2CCC1)CC=c1ccccc1=3.CC1=CC=CC(C)(C)N1. The Balaban J connectivity index is 0.000000170. The Morgan fingerprint density at radius 1 is 0.889 bits per heavy atom. The van der Waals surface area contributed by atoms with Gasteiger partial charge >= 0.3 is 0 Å². The van der Waals surface area contributed by atoms with Gasteiger partial charge in [-0.3, -0.25) is 0 Å². The van der Waals surface area contributed by atoms with E-state index < -0.39 is 0 Å². The van der Waals surface area contributed by atoms with Crippen LogP contribution in [0, 0.1) is 10.4 Å². The molecule has 0 spiro atoms. The fourth-order valence-electron chi connectivity index (χ4n) is 4.38. The van der Waals surface area contributed by atoms with Crippen molar-refractivity contribution >= 4 is 12.2 Å². The van der Waals surface area contributed by atoms with Gasteiger partial charge in [-0.05, 0) is 84.5 Å². The van der Waals surface area contributed by atoms with Crippen LogP contribution in [0.15, 0.2) is 60.3 Å². The molecule has 0 unspecified atom stereocenters. The highest BCUT2D eigenvalue weighted by Crippen LogP contribution is 2.17. The van der Waals surface area contributed by atoms with Gasteiger partial charge in [0.05, 0.1) is 0 Å². The Bertz CT molecular complexity index is 1130. The summed E-state index contributed by atoms with van der Waals surface area (Å²) in [7, 11) is 0. The Labute approximate surface area is 162 Å². The van der Waals surface area contributed by atoms with E-state index in [9.17, 15) is 0 Å². The molecular weight excluding hydrogens is 326 g/mol. The number of allylic oxidation sites excluding steroid dienone is 3. The van der Waals surface area contributed by atoms with E-state index in [0.29, 0.717) is 0 Å². The van der Waals surface area contributed by atoms with Crippen molar-refractivity contribution in [2.24, 2.45) is 0 Å². The minimum Gasteiger partial charge on any atom is -0.380 e. The van der Waals surface area contributed by atoms with Gasteiger partial charge in [0, 0.05) is 11.2 Å². The lowest BCUT2D eigenvalue weighted by molar-refractivity contribution is 0.525. The second-order valence-electron chi connectivity index (χ2n) is 8.31. The van der Waals surface area contributed by atoms with Crippen molar-refractivity contribution in [2.45, 2.75) is 52.0 Å². The Hall–Kier alpha value is -2.54. The van der Waals surface area contributed by atoms with Crippen LogP contribution in [0.4, 0.5) is 0 Å². The summed E-state index contributed by atoms with van der Waals surface area (Å²) < 4.78 is 0. The summed E-state index contributed by atoms with van der Waals surface area (Å²) in [6, 6.07) is 13.4. The molecule has 1 heteroatoms. The predicted octanol–water partition coefficient (Wildman–Crippen LogP) is 4.26. The molecule has 0 bridgehead atoms. The molecule has 5 rings (SSSR count). The summed E-state index contributed by atoms with van der Waals surface area (Å²) >= 11 is 0. The molecule has 0 atom stereocenters. The highest BCUT2D eigenvalue weighted by molar-refractivity contribution is 5.47. The molecule has 0 radical (unpaired) electrons. The zero-order valence-electron chi connectivity index (χ0n) is 16.7. The van der Waals surface area contributed by atoms with Gasteiger partial charge < -0.3 is 5.32 Å². The third kappa shape index (κ3) is 3.78. The highest BCUT2D eigenvalue weighted by Gasteiger charge is 2.14. The third-order valence-corrected chi connectivity index (χ3v) is 5.62. The molecule has 1 N–H and O–H groups in total. The average molecular weight is 356 g/mol. The van der Waals surface area contributed by atoms with Crippen LogP contribution in [0.2, 0.25) is 0 Å². The number of hydrogen-bond donors (Lipinski definition) is 1. The van der Waals surface area contributed by atoms with Gasteiger partial charge in [0.25, 0.3) is 0 Å². The van der Waals surface area contributed by atoms with Crippen LogP contribution in [0.5, 0.6) is 0 Å². The standard InChI is InChI=1S/C18H16.C8H13N/c1-3-7-15-13(5-1)9-11-18-16-8-4-2-6-14(16)10-12-17(15)18;1-7-5-4-6-8(2,3)9-7/h1,3,5-7,9-10,12H,2,4,8,11H2;4-6,9H,1-3H3. The van der Waals surface area contributed by atoms with Crippen molar-refractivity contribution in [3.05, 3.63) is 92.3 Å². The summed E-state index contributed by atoms with van der Waals surface area (Å²) in [5.41, 5.74) is 4.56. The van der Waals surface area contributed by atoms with Crippen LogP contribution in [0.3, 0.4) is 0 Å². The highest BCUT2D eigenvalue weighted by atomic mass is 15.0. The summed E-state index contributed by atoms with van der Waals surface area (Å²) in [4.78, 5) is 0. The first-order valence-electron chi connectivity index (χ1n) is 10.1. The smallest absolute Gasteiger partial charge is 0.0499 e. The predicted molar refractivity (Wildman–Crippen MR) is 115 cm³/mol. The van der Waals surface area contributed by atoms with Gasteiger partial charge in [0.15, 0.2) is 0 Å². The van der Waals surface area contributed by atoms with E-state index in [1.54, 1.807) is 11.1 Å². The zero-order valence-corrected chi connectivity index (χ0v) is 16.7. The van der Waals surface area contributed by atoms with Crippen LogP contribution in [0.1, 0.15) is 44.7 Å². The van der Waals surface area contributed by atoms with Crippen LogP contribution in [-0.2, 0) is 12.8 Å². The van der Waals surface area contributed by atoms with E-state index in [1.807, 2.05) is 0 Å². The summed E-state index contributed by atoms with van der Waals surface area (Å²) in [6.07, 6.45) is 16.0. The number of fused-ring (bicyclic) bond motifs is 4. The third-order valence-electron chi connectivity index (χ3n) is 5.62. The van der Waals surface area contributed by atoms with Crippen LogP contribution < -0.4 is 15.8 Å². The minimum absolute atomic E-state index is 0.152. The van der Waals surface area contributed by atoms with E-state index in [1.165, 1.54) is 45.8 Å². The summed E-state index contributed by atoms with van der Waals surface area (Å²) in [5.74, 6) is 0. The Kier molecular flexibility index (Phi) is 4.78. The molecule has 0 amide bonds. The van der Waals surface area contributed by atoms with Crippen molar-refractivity contribution in [3.8, 4) is 0 Å². The van der Waals surface area contributed by atoms with Gasteiger partial charge in [-0.1, -0.05) is 60.7 Å². The molecule has 0 saturated carbocycles. The van der Waals surface area contributed by atoms with Crippen molar-refractivity contribution in [3.63, 3.8) is 0 Å². The molecule has 2 aromatic rings. The molecular formula is C26H29N. The van der Waals surface area contributed by atoms with Gasteiger partial charge in [0.2, 0.25) is 0 Å². The van der Waals surface area contributed by atoms with E-state index in [0.717, 1.165) is 6.42 Å². The van der Waals surface area contributed by atoms with Gasteiger partial charge in [-0.15, -0.1) is 0 Å². The molecule has 1 aliphatic heterocycles. The number of nitrogens with one attached hydrogen (secondary N) is 1. The molecule has 2 aromatic carbocycles. The van der Waals surface area contributed by atoms with Crippen molar-refractivity contribution < 1.29 is 0 Å². The molecule has 27 heavy (non-hydrogen) atoms. The monoisotopic (exact) mass is 355 g/mol. The quantitative estimate of drug-likeness (QED) is 0.745. The van der Waals surface area contributed by atoms with E-state index in [2.05, 4.69) is 92.9 Å². The molecule has 3 aliphatic rings. The number of benzene rings is 2. The average Bonchev–Trinajstić information content (AvgIpc) is 2.67. The lowest BCUT2D eigenvalue weighted by Gasteiger charge is -2.26. The zero-order chi connectivity index (χ0) is 18.9. The largest absolute Gasteiger partial charge is 0.380 e. The van der Waals surface area contributed by atoms with Gasteiger partial charge in [0.1, 0.15) is 0 Å². The lowest BCUT2D eigenvalue weighted by Crippen LogP contribution is -2.37. The molecule has 138 valence electrons. The van der Waals surface area contributed by atoms with E-state index in [4.69, 9.17) is 0 Å². The first-order chi connectivity index (χ1) is 13.0. The molecule has 0 aromatic heterocycles. The second-order valence-corrected chi connectivity index (χ2v) is 8.31. The van der Waals surface area contributed by atoms with Crippen molar-refractivity contribution in [2.75, 3.05) is 0 Å². The first-order valence-corrected chi connectivity index (χ1v) is 10.1. The summed E-state index contributed by atoms with van der Waals surface area (Å²) in [6.45, 7) is 6.38. The maximum Gasteiger partial charge on any atom is 0.0499 e. The molecule has 0 saturated heterocycles. The molecule has 2 aliphatic carbocycles. The topological polar surface area (TPSA) is 12.0 Å². The number of hydrogen-bond acceptors (Lipinski definition) is 1. The maximum absolute atomic E-state index is 3.33. The van der Waals surface area contributed by atoms with E-state index in [-0.39, 0.29) is 5.54 Å². The van der Waals surface area contributed by atoms with Crippen LogP contribution in [0.25, 0.3) is 12.2 Å². The fourth-order valence-corrected chi connectivity index (χ4v) is 4.38. The Morgan fingerprint density at radius 3 is 2.52 bits per heavy atom. The first kappa shape index (κ1) is 17.9. The minimum atomic E-state index is 0.152. The molecule has 1 nitrogen and oxygen atoms in total. The molecule has 1 heterocycles. The van der Waals surface area contributed by atoms with Gasteiger partial charge in [-0.25, -0.2) is 0 Å². The summed E-state index contributed by atoms with van der Waals surface area (Å²) in [5, 5.41) is 9.07. The normalized spacial score (nSPS) is 18.1. The van der Waals surface area contributed by atoms with Gasteiger partial charge in [-0.2, -0.15) is 0 Å². The lowest BCUT2D eigenvalue weighted by atomic mass is 9.89. The number of rotatable bonds is 0. The van der Waals surface area contributed by atoms with Crippen LogP contribution in [-0.4, -0.2) is 5.54 Å². The maximum atomic E-state index is 3.33. The number of dihydropyridines is 1.